The molecule has 0 radical (unpaired) electrons. The van der Waals surface area contributed by atoms with Gasteiger partial charge in [-0.2, -0.15) is 0 Å². The van der Waals surface area contributed by atoms with E-state index in [0.717, 1.165) is 34.2 Å². The van der Waals surface area contributed by atoms with Crippen LogP contribution in [0.2, 0.25) is 0 Å². The predicted octanol–water partition coefficient (Wildman–Crippen LogP) is 4.83. The van der Waals surface area contributed by atoms with Gasteiger partial charge in [0.2, 0.25) is 0 Å². The highest BCUT2D eigenvalue weighted by atomic mass is 32.2. The number of thioether (sulfide) groups is 1. The van der Waals surface area contributed by atoms with Gasteiger partial charge in [-0.1, -0.05) is 48.5 Å². The fourth-order valence-electron chi connectivity index (χ4n) is 2.48. The van der Waals surface area contributed by atoms with Crippen molar-refractivity contribution in [1.29, 1.82) is 0 Å². The summed E-state index contributed by atoms with van der Waals surface area (Å²) in [6.45, 7) is 6.90. The van der Waals surface area contributed by atoms with Gasteiger partial charge >= 0.3 is 6.03 Å². The van der Waals surface area contributed by atoms with Gasteiger partial charge in [0.25, 0.3) is 0 Å². The van der Waals surface area contributed by atoms with Crippen molar-refractivity contribution in [2.24, 2.45) is 4.99 Å². The van der Waals surface area contributed by atoms with Gasteiger partial charge in [0, 0.05) is 10.9 Å². The number of aryl methyl sites for hydroxylation is 2. The van der Waals surface area contributed by atoms with Gasteiger partial charge in [0.1, 0.15) is 0 Å². The van der Waals surface area contributed by atoms with Crippen LogP contribution < -0.4 is 10.2 Å². The smallest absolute Gasteiger partial charge is 0.307 e. The summed E-state index contributed by atoms with van der Waals surface area (Å²) in [7, 11) is 0. The lowest BCUT2D eigenvalue weighted by atomic mass is 10.2. The van der Waals surface area contributed by atoms with Crippen LogP contribution in [-0.2, 0) is 0 Å². The fraction of sp³-hybridized carbons (Fsp3) is 0.263. The molecular formula is C19H21N3OS. The van der Waals surface area contributed by atoms with Crippen LogP contribution in [0.15, 0.2) is 53.5 Å². The number of urea groups is 1. The Kier molecular flexibility index (Phi) is 4.90. The van der Waals surface area contributed by atoms with Crippen LogP contribution in [0.1, 0.15) is 18.1 Å². The number of rotatable bonds is 2. The minimum absolute atomic E-state index is 0.190. The average Bonchev–Trinajstić information content (AvgIpc) is 2.96. The maximum absolute atomic E-state index is 12.9. The van der Waals surface area contributed by atoms with Gasteiger partial charge < -0.3 is 5.32 Å². The highest BCUT2D eigenvalue weighted by molar-refractivity contribution is 8.15. The summed E-state index contributed by atoms with van der Waals surface area (Å²) < 4.78 is 0. The Morgan fingerprint density at radius 3 is 2.54 bits per heavy atom. The summed E-state index contributed by atoms with van der Waals surface area (Å²) >= 11 is 1.63. The molecule has 0 aromatic heterocycles. The number of nitrogens with one attached hydrogen (secondary N) is 1. The summed E-state index contributed by atoms with van der Waals surface area (Å²) in [5.74, 6) is 0. The molecule has 1 N–H and O–H groups in total. The fourth-order valence-corrected chi connectivity index (χ4v) is 3.43. The molecule has 124 valence electrons. The van der Waals surface area contributed by atoms with E-state index in [9.17, 15) is 4.79 Å². The van der Waals surface area contributed by atoms with Crippen LogP contribution in [0.25, 0.3) is 0 Å². The summed E-state index contributed by atoms with van der Waals surface area (Å²) in [6.07, 6.45) is 0. The number of anilines is 2. The Bertz CT molecular complexity index is 770. The first kappa shape index (κ1) is 16.6. The molecule has 4 nitrogen and oxygen atoms in total. The van der Waals surface area contributed by atoms with Crippen molar-refractivity contribution < 1.29 is 4.79 Å². The van der Waals surface area contributed by atoms with E-state index in [4.69, 9.17) is 0 Å². The molecule has 0 aliphatic carbocycles. The lowest BCUT2D eigenvalue weighted by Crippen LogP contribution is -2.38. The van der Waals surface area contributed by atoms with E-state index in [1.54, 1.807) is 16.7 Å². The first-order chi connectivity index (χ1) is 11.5. The molecule has 2 aromatic carbocycles. The van der Waals surface area contributed by atoms with Crippen molar-refractivity contribution in [1.82, 2.24) is 0 Å². The topological polar surface area (TPSA) is 44.7 Å². The van der Waals surface area contributed by atoms with Gasteiger partial charge in [0.15, 0.2) is 5.17 Å². The second kappa shape index (κ2) is 7.09. The highest BCUT2D eigenvalue weighted by Gasteiger charge is 2.27. The molecule has 0 unspecified atom stereocenters. The third-order valence-corrected chi connectivity index (χ3v) is 4.82. The second-order valence-electron chi connectivity index (χ2n) is 6.02. The quantitative estimate of drug-likeness (QED) is 0.851. The van der Waals surface area contributed by atoms with E-state index in [2.05, 4.69) is 17.2 Å². The Morgan fingerprint density at radius 2 is 1.92 bits per heavy atom. The molecule has 0 spiro atoms. The first-order valence-corrected chi connectivity index (χ1v) is 8.86. The van der Waals surface area contributed by atoms with Crippen LogP contribution in [0.4, 0.5) is 16.2 Å². The van der Waals surface area contributed by atoms with Crippen molar-refractivity contribution in [3.05, 3.63) is 59.7 Å². The molecule has 0 saturated carbocycles. The number of nitrogens with zero attached hydrogens (tertiary/aromatic N) is 2. The Balaban J connectivity index is 1.89. The summed E-state index contributed by atoms with van der Waals surface area (Å²) in [5.41, 5.74) is 3.88. The first-order valence-electron chi connectivity index (χ1n) is 7.98. The van der Waals surface area contributed by atoms with Gasteiger partial charge in [-0.15, -0.1) is 0 Å². The van der Waals surface area contributed by atoms with E-state index < -0.39 is 0 Å². The monoisotopic (exact) mass is 339 g/mol. The van der Waals surface area contributed by atoms with E-state index in [-0.39, 0.29) is 6.03 Å². The number of hydrogen-bond donors (Lipinski definition) is 1. The predicted molar refractivity (Wildman–Crippen MR) is 103 cm³/mol. The molecular weight excluding hydrogens is 318 g/mol. The molecule has 0 bridgehead atoms. The van der Waals surface area contributed by atoms with Crippen LogP contribution in [-0.4, -0.2) is 23.0 Å². The SMILES string of the molecule is Cc1ccc(NC(=O)N(C2=NC[C@@H](C)S2)c2cccc(C)c2)cc1. The lowest BCUT2D eigenvalue weighted by molar-refractivity contribution is 0.259. The number of amidine groups is 1. The largest absolute Gasteiger partial charge is 0.332 e. The van der Waals surface area contributed by atoms with Crippen molar-refractivity contribution in [3.63, 3.8) is 0 Å². The third-order valence-electron chi connectivity index (χ3n) is 3.75. The minimum atomic E-state index is -0.190. The van der Waals surface area contributed by atoms with Gasteiger partial charge in [-0.05, 0) is 43.7 Å². The van der Waals surface area contributed by atoms with Crippen LogP contribution in [0.3, 0.4) is 0 Å². The molecule has 5 heteroatoms. The Morgan fingerprint density at radius 1 is 1.17 bits per heavy atom. The van der Waals surface area contributed by atoms with E-state index in [1.807, 2.05) is 62.4 Å². The second-order valence-corrected chi connectivity index (χ2v) is 7.43. The summed E-state index contributed by atoms with van der Waals surface area (Å²) in [6, 6.07) is 15.5. The van der Waals surface area contributed by atoms with Crippen molar-refractivity contribution in [2.75, 3.05) is 16.8 Å². The molecule has 1 atom stereocenters. The summed E-state index contributed by atoms with van der Waals surface area (Å²) in [5, 5.41) is 4.11. The average molecular weight is 339 g/mol. The zero-order chi connectivity index (χ0) is 17.1. The van der Waals surface area contributed by atoms with Gasteiger partial charge in [-0.25, -0.2) is 9.69 Å². The molecule has 2 amide bonds. The van der Waals surface area contributed by atoms with Crippen LogP contribution in [0, 0.1) is 13.8 Å². The van der Waals surface area contributed by atoms with E-state index >= 15 is 0 Å². The lowest BCUT2D eigenvalue weighted by Gasteiger charge is -2.23. The number of carbonyl (C=O) groups excluding carboxylic acids is 1. The molecule has 1 heterocycles. The Hall–Kier alpha value is -2.27. The van der Waals surface area contributed by atoms with Crippen molar-refractivity contribution >= 4 is 34.3 Å². The number of hydrogen-bond acceptors (Lipinski definition) is 3. The van der Waals surface area contributed by atoms with E-state index in [1.165, 1.54) is 0 Å². The number of aliphatic imine (C=N–C) groups is 1. The van der Waals surface area contributed by atoms with Crippen molar-refractivity contribution in [2.45, 2.75) is 26.0 Å². The molecule has 24 heavy (non-hydrogen) atoms. The standard InChI is InChI=1S/C19H21N3OS/c1-13-7-9-16(10-8-13)21-18(23)22(19-20-12-15(3)24-19)17-6-4-5-14(2)11-17/h4-11,15H,12H2,1-3H3,(H,21,23)/t15-/m1/s1. The normalized spacial score (nSPS) is 16.6. The molecule has 0 fully saturated rings. The third kappa shape index (κ3) is 3.79. The highest BCUT2D eigenvalue weighted by Crippen LogP contribution is 2.28. The van der Waals surface area contributed by atoms with Gasteiger partial charge in [0.05, 0.1) is 12.2 Å². The van der Waals surface area contributed by atoms with Crippen LogP contribution in [0.5, 0.6) is 0 Å². The minimum Gasteiger partial charge on any atom is -0.307 e. The Labute approximate surface area is 147 Å². The van der Waals surface area contributed by atoms with Crippen molar-refractivity contribution in [3.8, 4) is 0 Å². The van der Waals surface area contributed by atoms with Crippen LogP contribution >= 0.6 is 11.8 Å². The molecule has 2 aromatic rings. The van der Waals surface area contributed by atoms with Gasteiger partial charge in [-0.3, -0.25) is 4.99 Å². The molecule has 0 saturated heterocycles. The zero-order valence-corrected chi connectivity index (χ0v) is 14.9. The molecule has 1 aliphatic rings. The summed E-state index contributed by atoms with van der Waals surface area (Å²) in [4.78, 5) is 19.1. The zero-order valence-electron chi connectivity index (χ0n) is 14.1. The number of amides is 2. The molecule has 3 rings (SSSR count). The van der Waals surface area contributed by atoms with E-state index in [0.29, 0.717) is 5.25 Å². The number of carbonyl (C=O) groups is 1. The maximum atomic E-state index is 12.9. The molecule has 1 aliphatic heterocycles. The number of benzene rings is 2. The maximum Gasteiger partial charge on any atom is 0.332 e.